The maximum atomic E-state index is 12.6. The topological polar surface area (TPSA) is 41.6 Å². The minimum Gasteiger partial charge on any atom is -0.380 e. The Labute approximate surface area is 104 Å². The minimum atomic E-state index is -0.250. The molecule has 0 aromatic heterocycles. The minimum absolute atomic E-state index is 0.135. The lowest BCUT2D eigenvalue weighted by Crippen LogP contribution is -2.46. The summed E-state index contributed by atoms with van der Waals surface area (Å²) in [6, 6.07) is 0.157. The van der Waals surface area contributed by atoms with Crippen LogP contribution in [-0.4, -0.2) is 41.8 Å². The molecule has 1 N–H and O–H groups in total. The molecule has 0 radical (unpaired) electrons. The highest BCUT2D eigenvalue weighted by Gasteiger charge is 2.51. The summed E-state index contributed by atoms with van der Waals surface area (Å²) < 4.78 is 5.43. The Balaban J connectivity index is 2.05. The maximum Gasteiger partial charge on any atom is 0.244 e. The molecule has 4 nitrogen and oxygen atoms in total. The van der Waals surface area contributed by atoms with E-state index >= 15 is 0 Å². The molecule has 1 aliphatic carbocycles. The van der Waals surface area contributed by atoms with Gasteiger partial charge in [0.05, 0.1) is 24.4 Å². The smallest absolute Gasteiger partial charge is 0.244 e. The number of nitrogens with one attached hydrogen (secondary N) is 1. The van der Waals surface area contributed by atoms with E-state index < -0.39 is 0 Å². The average molecular weight is 240 g/mol. The van der Waals surface area contributed by atoms with Crippen LogP contribution in [0.4, 0.5) is 0 Å². The van der Waals surface area contributed by atoms with Crippen LogP contribution in [0.2, 0.25) is 0 Å². The van der Waals surface area contributed by atoms with Crippen LogP contribution in [0.3, 0.4) is 0 Å². The largest absolute Gasteiger partial charge is 0.380 e. The molecule has 1 saturated carbocycles. The van der Waals surface area contributed by atoms with E-state index in [1.54, 1.807) is 0 Å². The van der Waals surface area contributed by atoms with E-state index in [2.05, 4.69) is 19.2 Å². The summed E-state index contributed by atoms with van der Waals surface area (Å²) in [5.74, 6) is 0.287. The molecule has 2 fully saturated rings. The van der Waals surface area contributed by atoms with Crippen molar-refractivity contribution in [3.8, 4) is 0 Å². The summed E-state index contributed by atoms with van der Waals surface area (Å²) in [5, 5.41) is 3.51. The first-order valence-electron chi connectivity index (χ1n) is 6.79. The molecule has 2 aliphatic rings. The summed E-state index contributed by atoms with van der Waals surface area (Å²) >= 11 is 0. The zero-order valence-electron chi connectivity index (χ0n) is 11.2. The highest BCUT2D eigenvalue weighted by atomic mass is 16.5. The normalized spacial score (nSPS) is 29.2. The van der Waals surface area contributed by atoms with Gasteiger partial charge in [-0.15, -0.1) is 0 Å². The Bertz CT molecular complexity index is 287. The molecule has 2 unspecified atom stereocenters. The van der Waals surface area contributed by atoms with Crippen LogP contribution in [0, 0.1) is 0 Å². The first kappa shape index (κ1) is 12.8. The Hall–Kier alpha value is -0.610. The van der Waals surface area contributed by atoms with Crippen molar-refractivity contribution in [1.29, 1.82) is 0 Å². The van der Waals surface area contributed by atoms with E-state index in [-0.39, 0.29) is 23.7 Å². The van der Waals surface area contributed by atoms with Crippen LogP contribution in [0.5, 0.6) is 0 Å². The van der Waals surface area contributed by atoms with E-state index in [1.807, 2.05) is 11.8 Å². The number of amides is 1. The molecule has 1 saturated heterocycles. The van der Waals surface area contributed by atoms with Crippen LogP contribution in [0.25, 0.3) is 0 Å². The van der Waals surface area contributed by atoms with Gasteiger partial charge in [-0.1, -0.05) is 12.8 Å². The Morgan fingerprint density at radius 1 is 1.53 bits per heavy atom. The lowest BCUT2D eigenvalue weighted by molar-refractivity contribution is -0.136. The van der Waals surface area contributed by atoms with Crippen LogP contribution in [-0.2, 0) is 9.53 Å². The predicted molar refractivity (Wildman–Crippen MR) is 66.6 cm³/mol. The number of ether oxygens (including phenoxy) is 1. The molecule has 1 aliphatic heterocycles. The molecule has 98 valence electrons. The van der Waals surface area contributed by atoms with Gasteiger partial charge in [0, 0.05) is 6.61 Å². The average Bonchev–Trinajstić information content (AvgIpc) is 2.84. The molecular formula is C13H24N2O2. The first-order chi connectivity index (χ1) is 8.10. The number of carbonyl (C=O) groups is 1. The summed E-state index contributed by atoms with van der Waals surface area (Å²) in [5.41, 5.74) is -0.250. The van der Waals surface area contributed by atoms with Crippen molar-refractivity contribution in [3.05, 3.63) is 0 Å². The van der Waals surface area contributed by atoms with Gasteiger partial charge in [-0.25, -0.2) is 0 Å². The molecule has 1 heterocycles. The number of carbonyl (C=O) groups excluding carboxylic acids is 1. The summed E-state index contributed by atoms with van der Waals surface area (Å²) in [6.45, 7) is 7.47. The fraction of sp³-hybridized carbons (Fsp3) is 0.923. The molecule has 0 aromatic carbocycles. The first-order valence-corrected chi connectivity index (χ1v) is 6.79. The zero-order valence-corrected chi connectivity index (χ0v) is 11.2. The summed E-state index contributed by atoms with van der Waals surface area (Å²) in [6.07, 6.45) is 4.46. The molecule has 1 amide bonds. The van der Waals surface area contributed by atoms with Gasteiger partial charge < -0.3 is 9.64 Å². The third kappa shape index (κ3) is 2.20. The number of hydrogen-bond donors (Lipinski definition) is 1. The molecular weight excluding hydrogens is 216 g/mol. The van der Waals surface area contributed by atoms with Gasteiger partial charge in [0.25, 0.3) is 0 Å². The molecule has 17 heavy (non-hydrogen) atoms. The highest BCUT2D eigenvalue weighted by molar-refractivity contribution is 5.89. The summed E-state index contributed by atoms with van der Waals surface area (Å²) in [7, 11) is 0. The van der Waals surface area contributed by atoms with Gasteiger partial charge >= 0.3 is 0 Å². The van der Waals surface area contributed by atoms with Crippen molar-refractivity contribution in [1.82, 2.24) is 10.2 Å². The maximum absolute atomic E-state index is 12.6. The Kier molecular flexibility index (Phi) is 3.73. The summed E-state index contributed by atoms with van der Waals surface area (Å²) in [4.78, 5) is 14.5. The number of rotatable bonds is 4. The quantitative estimate of drug-likeness (QED) is 0.809. The lowest BCUT2D eigenvalue weighted by Gasteiger charge is -2.28. The zero-order chi connectivity index (χ0) is 12.5. The van der Waals surface area contributed by atoms with Crippen molar-refractivity contribution in [2.75, 3.05) is 13.2 Å². The number of hydrogen-bond acceptors (Lipinski definition) is 3. The van der Waals surface area contributed by atoms with Gasteiger partial charge in [0.15, 0.2) is 0 Å². The van der Waals surface area contributed by atoms with Gasteiger partial charge in [-0.05, 0) is 33.6 Å². The van der Waals surface area contributed by atoms with E-state index in [0.717, 1.165) is 12.8 Å². The van der Waals surface area contributed by atoms with Crippen molar-refractivity contribution >= 4 is 5.91 Å². The number of nitrogens with zero attached hydrogens (tertiary/aromatic N) is 1. The van der Waals surface area contributed by atoms with Crippen LogP contribution < -0.4 is 5.32 Å². The van der Waals surface area contributed by atoms with Gasteiger partial charge in [0.2, 0.25) is 5.91 Å². The second kappa shape index (κ2) is 4.94. The van der Waals surface area contributed by atoms with E-state index in [0.29, 0.717) is 13.2 Å². The second-order valence-electron chi connectivity index (χ2n) is 5.33. The van der Waals surface area contributed by atoms with Crippen molar-refractivity contribution in [2.24, 2.45) is 0 Å². The molecule has 2 atom stereocenters. The van der Waals surface area contributed by atoms with Gasteiger partial charge in [-0.3, -0.25) is 10.1 Å². The second-order valence-corrected chi connectivity index (χ2v) is 5.33. The third-order valence-electron chi connectivity index (χ3n) is 4.04. The van der Waals surface area contributed by atoms with E-state index in [9.17, 15) is 4.79 Å². The standard InChI is InChI=1S/C13H24N2O2/c1-4-17-9-10(2)15-11(3)14-13(12(15)16)7-5-6-8-13/h10-11,14H,4-9H2,1-3H3. The Morgan fingerprint density at radius 2 is 2.18 bits per heavy atom. The van der Waals surface area contributed by atoms with Crippen LogP contribution in [0.1, 0.15) is 46.5 Å². The Morgan fingerprint density at radius 3 is 2.76 bits per heavy atom. The highest BCUT2D eigenvalue weighted by Crippen LogP contribution is 2.36. The third-order valence-corrected chi connectivity index (χ3v) is 4.04. The van der Waals surface area contributed by atoms with Gasteiger partial charge in [0.1, 0.15) is 0 Å². The monoisotopic (exact) mass is 240 g/mol. The van der Waals surface area contributed by atoms with Gasteiger partial charge in [-0.2, -0.15) is 0 Å². The van der Waals surface area contributed by atoms with Crippen molar-refractivity contribution in [3.63, 3.8) is 0 Å². The molecule has 4 heteroatoms. The fourth-order valence-electron chi connectivity index (χ4n) is 3.24. The van der Waals surface area contributed by atoms with E-state index in [1.165, 1.54) is 12.8 Å². The molecule has 0 bridgehead atoms. The fourth-order valence-corrected chi connectivity index (χ4v) is 3.24. The van der Waals surface area contributed by atoms with Crippen molar-refractivity contribution in [2.45, 2.75) is 64.2 Å². The van der Waals surface area contributed by atoms with Crippen molar-refractivity contribution < 1.29 is 9.53 Å². The van der Waals surface area contributed by atoms with Crippen LogP contribution in [0.15, 0.2) is 0 Å². The molecule has 2 rings (SSSR count). The molecule has 0 aromatic rings. The van der Waals surface area contributed by atoms with Crippen LogP contribution >= 0.6 is 0 Å². The SMILES string of the molecule is CCOCC(C)N1C(=O)C2(CCCC2)NC1C. The van der Waals surface area contributed by atoms with E-state index in [4.69, 9.17) is 4.74 Å². The predicted octanol–water partition coefficient (Wildman–Crippen LogP) is 1.50. The molecule has 1 spiro atoms. The lowest BCUT2D eigenvalue weighted by atomic mass is 9.98.